The third-order valence-corrected chi connectivity index (χ3v) is 8.43. The van der Waals surface area contributed by atoms with Crippen LogP contribution in [0.2, 0.25) is 0 Å². The molecule has 0 radical (unpaired) electrons. The lowest BCUT2D eigenvalue weighted by atomic mass is 9.96. The number of amides is 1. The number of carbonyl (C=O) groups excluding carboxylic acids is 1. The molecule has 1 fully saturated rings. The summed E-state index contributed by atoms with van der Waals surface area (Å²) in [5.41, 5.74) is 5.04. The van der Waals surface area contributed by atoms with Crippen molar-refractivity contribution in [3.63, 3.8) is 0 Å². The van der Waals surface area contributed by atoms with E-state index in [-0.39, 0.29) is 18.0 Å². The van der Waals surface area contributed by atoms with Crippen molar-refractivity contribution >= 4 is 22.6 Å². The molecule has 0 saturated carbocycles. The van der Waals surface area contributed by atoms with Gasteiger partial charge >= 0.3 is 0 Å². The third kappa shape index (κ3) is 6.95. The van der Waals surface area contributed by atoms with E-state index in [0.717, 1.165) is 43.6 Å². The minimum Gasteiger partial charge on any atom is -0.344 e. The molecule has 0 unspecified atom stereocenters. The Morgan fingerprint density at radius 2 is 1.48 bits per heavy atom. The average molecular weight is 554 g/mol. The normalized spacial score (nSPS) is 14.2. The first-order chi connectivity index (χ1) is 19.5. The van der Waals surface area contributed by atoms with E-state index in [0.29, 0.717) is 13.0 Å². The number of benzene rings is 3. The summed E-state index contributed by atoms with van der Waals surface area (Å²) in [6.07, 6.45) is 1.20. The van der Waals surface area contributed by atoms with Crippen molar-refractivity contribution in [2.24, 2.45) is 0 Å². The first-order valence-electron chi connectivity index (χ1n) is 14.2. The second-order valence-electron chi connectivity index (χ2n) is 10.8. The predicted octanol–water partition coefficient (Wildman–Crippen LogP) is 5.98. The maximum Gasteiger partial charge on any atom is 0.224 e. The van der Waals surface area contributed by atoms with E-state index in [1.807, 2.05) is 4.90 Å². The summed E-state index contributed by atoms with van der Waals surface area (Å²) < 4.78 is 4.62. The fourth-order valence-electron chi connectivity index (χ4n) is 5.38. The van der Waals surface area contributed by atoms with Gasteiger partial charge in [-0.25, -0.2) is 4.98 Å². The fraction of sp³-hybridized carbons (Fsp3) is 0.364. The monoisotopic (exact) mass is 553 g/mol. The second kappa shape index (κ2) is 13.2. The maximum absolute atomic E-state index is 13.3. The molecule has 2 heterocycles. The predicted molar refractivity (Wildman–Crippen MR) is 164 cm³/mol. The minimum absolute atomic E-state index is 0.197. The van der Waals surface area contributed by atoms with Gasteiger partial charge in [0.05, 0.1) is 6.04 Å². The zero-order valence-electron chi connectivity index (χ0n) is 23.7. The van der Waals surface area contributed by atoms with Crippen molar-refractivity contribution in [2.45, 2.75) is 45.7 Å². The van der Waals surface area contributed by atoms with Crippen LogP contribution >= 0.6 is 11.5 Å². The summed E-state index contributed by atoms with van der Waals surface area (Å²) in [4.78, 5) is 24.9. The van der Waals surface area contributed by atoms with Gasteiger partial charge in [0.25, 0.3) is 0 Å². The summed E-state index contributed by atoms with van der Waals surface area (Å²) in [6.45, 7) is 10.2. The lowest BCUT2D eigenvalue weighted by Gasteiger charge is -2.40. The van der Waals surface area contributed by atoms with E-state index in [2.05, 4.69) is 120 Å². The van der Waals surface area contributed by atoms with Crippen LogP contribution in [-0.2, 0) is 11.2 Å². The molecule has 208 valence electrons. The van der Waals surface area contributed by atoms with Crippen molar-refractivity contribution in [3.8, 4) is 0 Å². The molecule has 0 spiro atoms. The van der Waals surface area contributed by atoms with E-state index < -0.39 is 0 Å². The molecule has 0 atom stereocenters. The Labute approximate surface area is 242 Å². The average Bonchev–Trinajstić information content (AvgIpc) is 3.43. The van der Waals surface area contributed by atoms with Gasteiger partial charge in [-0.2, -0.15) is 4.37 Å². The molecule has 40 heavy (non-hydrogen) atoms. The van der Waals surface area contributed by atoms with Crippen LogP contribution < -0.4 is 4.90 Å². The van der Waals surface area contributed by atoms with E-state index in [1.165, 1.54) is 33.8 Å². The highest BCUT2D eigenvalue weighted by Gasteiger charge is 2.28. The number of rotatable bonds is 10. The molecule has 1 saturated heterocycles. The van der Waals surface area contributed by atoms with E-state index in [9.17, 15) is 4.79 Å². The van der Waals surface area contributed by atoms with Gasteiger partial charge in [-0.05, 0) is 37.5 Å². The highest BCUT2D eigenvalue weighted by atomic mass is 32.1. The molecular formula is C33H39N5OS. The summed E-state index contributed by atoms with van der Waals surface area (Å²) >= 11 is 1.43. The van der Waals surface area contributed by atoms with Crippen LogP contribution in [0.25, 0.3) is 0 Å². The summed E-state index contributed by atoms with van der Waals surface area (Å²) in [6, 6.07) is 30.3. The molecule has 0 aliphatic carbocycles. The van der Waals surface area contributed by atoms with Gasteiger partial charge in [0.15, 0.2) is 0 Å². The van der Waals surface area contributed by atoms with Gasteiger partial charge in [-0.15, -0.1) is 0 Å². The van der Waals surface area contributed by atoms with Crippen LogP contribution in [0.15, 0.2) is 84.9 Å². The van der Waals surface area contributed by atoms with E-state index >= 15 is 0 Å². The molecule has 1 aliphatic heterocycles. The van der Waals surface area contributed by atoms with Crippen LogP contribution in [0.4, 0.5) is 5.13 Å². The Balaban J connectivity index is 1.17. The Hall–Kier alpha value is -3.55. The van der Waals surface area contributed by atoms with Crippen molar-refractivity contribution in [2.75, 3.05) is 37.6 Å². The first kappa shape index (κ1) is 28.0. The van der Waals surface area contributed by atoms with Crippen LogP contribution in [-0.4, -0.2) is 63.8 Å². The number of nitrogens with zero attached hydrogens (tertiary/aromatic N) is 5. The van der Waals surface area contributed by atoms with Gasteiger partial charge in [-0.3, -0.25) is 9.69 Å². The van der Waals surface area contributed by atoms with E-state index in [4.69, 9.17) is 4.98 Å². The van der Waals surface area contributed by atoms with Gasteiger partial charge in [-0.1, -0.05) is 90.5 Å². The van der Waals surface area contributed by atoms with Crippen LogP contribution in [0.1, 0.15) is 54.4 Å². The quantitative estimate of drug-likeness (QED) is 0.242. The molecule has 5 rings (SSSR count). The fourth-order valence-corrected chi connectivity index (χ4v) is 6.23. The molecule has 6 nitrogen and oxygen atoms in total. The van der Waals surface area contributed by atoms with Gasteiger partial charge in [0.1, 0.15) is 5.82 Å². The van der Waals surface area contributed by atoms with Crippen molar-refractivity contribution in [1.29, 1.82) is 0 Å². The molecule has 1 aromatic heterocycles. The van der Waals surface area contributed by atoms with Crippen molar-refractivity contribution in [3.05, 3.63) is 113 Å². The summed E-state index contributed by atoms with van der Waals surface area (Å²) in [5.74, 6) is 1.05. The maximum atomic E-state index is 13.3. The van der Waals surface area contributed by atoms with Crippen LogP contribution in [0, 0.1) is 6.92 Å². The van der Waals surface area contributed by atoms with Gasteiger partial charge < -0.3 is 9.80 Å². The number of carbonyl (C=O) groups is 1. The molecule has 0 N–H and O–H groups in total. The first-order valence-corrected chi connectivity index (χ1v) is 15.0. The minimum atomic E-state index is 0.197. The molecule has 7 heteroatoms. The van der Waals surface area contributed by atoms with Gasteiger partial charge in [0, 0.05) is 63.1 Å². The molecule has 3 aromatic carbocycles. The van der Waals surface area contributed by atoms with Crippen molar-refractivity contribution in [1.82, 2.24) is 19.2 Å². The number of aryl methyl sites for hydroxylation is 1. The standard InChI is InChI=1S/C33H39N5OS/c1-25(2)38(33-34-30(35-40-33)24-27-16-14-26(3)15-17-27)19-18-31(39)36-20-22-37(23-21-36)32(28-10-6-4-7-11-28)29-12-8-5-9-13-29/h4-17,25,32H,18-24H2,1-3H3. The number of hydrogen-bond donors (Lipinski definition) is 0. The second-order valence-corrected chi connectivity index (χ2v) is 11.6. The Morgan fingerprint density at radius 3 is 2.05 bits per heavy atom. The van der Waals surface area contributed by atoms with Crippen LogP contribution in [0.3, 0.4) is 0 Å². The molecule has 4 aromatic rings. The summed E-state index contributed by atoms with van der Waals surface area (Å²) in [5, 5.41) is 0.892. The van der Waals surface area contributed by atoms with E-state index in [1.54, 1.807) is 0 Å². The highest BCUT2D eigenvalue weighted by molar-refractivity contribution is 7.09. The number of hydrogen-bond acceptors (Lipinski definition) is 6. The molecule has 0 bridgehead atoms. The number of piperazine rings is 1. The zero-order chi connectivity index (χ0) is 27.9. The van der Waals surface area contributed by atoms with Crippen LogP contribution in [0.5, 0.6) is 0 Å². The van der Waals surface area contributed by atoms with Gasteiger partial charge in [0.2, 0.25) is 11.0 Å². The zero-order valence-corrected chi connectivity index (χ0v) is 24.6. The van der Waals surface area contributed by atoms with Crippen molar-refractivity contribution < 1.29 is 4.79 Å². The number of aromatic nitrogens is 2. The topological polar surface area (TPSA) is 52.6 Å². The third-order valence-electron chi connectivity index (χ3n) is 7.64. The molecule has 1 aliphatic rings. The number of anilines is 1. The highest BCUT2D eigenvalue weighted by Crippen LogP contribution is 2.29. The largest absolute Gasteiger partial charge is 0.344 e. The molecular weight excluding hydrogens is 514 g/mol. The lowest BCUT2D eigenvalue weighted by molar-refractivity contribution is -0.133. The SMILES string of the molecule is Cc1ccc(Cc2nsc(N(CCC(=O)N3CCN(C(c4ccccc4)c4ccccc4)CC3)C(C)C)n2)cc1. The Morgan fingerprint density at radius 1 is 0.875 bits per heavy atom. The Bertz CT molecular complexity index is 1310. The Kier molecular flexibility index (Phi) is 9.24. The molecule has 1 amide bonds. The summed E-state index contributed by atoms with van der Waals surface area (Å²) in [7, 11) is 0. The smallest absolute Gasteiger partial charge is 0.224 e. The lowest BCUT2D eigenvalue weighted by Crippen LogP contribution is -2.50.